The summed E-state index contributed by atoms with van der Waals surface area (Å²) >= 11 is 0.729. The van der Waals surface area contributed by atoms with Crippen molar-refractivity contribution in [1.82, 2.24) is 4.90 Å². The number of nitro groups is 1. The molecule has 3 rings (SSSR count). The minimum absolute atomic E-state index is 0.0382. The summed E-state index contributed by atoms with van der Waals surface area (Å²) in [6, 6.07) is 12.0. The first-order valence-corrected chi connectivity index (χ1v) is 10.5. The first-order valence-electron chi connectivity index (χ1n) is 9.70. The number of non-ortho nitro benzene ring substituents is 1. The number of hydrogen-bond acceptors (Lipinski definition) is 8. The maximum absolute atomic E-state index is 12.8. The Morgan fingerprint density at radius 3 is 2.69 bits per heavy atom. The van der Waals surface area contributed by atoms with Crippen LogP contribution in [0.2, 0.25) is 0 Å². The largest absolute Gasteiger partial charge is 0.488 e. The SMILES string of the molecule is CCOC(=O)[C@H](C)N1C(=O)S/C(=C/c2ccccc2OCc2cccc([N+](=O)[O-])c2)C1=O. The summed E-state index contributed by atoms with van der Waals surface area (Å²) in [6.07, 6.45) is 1.52. The van der Waals surface area contributed by atoms with Gasteiger partial charge in [0.25, 0.3) is 16.8 Å². The summed E-state index contributed by atoms with van der Waals surface area (Å²) in [5.74, 6) is -0.810. The average Bonchev–Trinajstić information content (AvgIpc) is 3.05. The van der Waals surface area contributed by atoms with Crippen molar-refractivity contribution in [2.75, 3.05) is 6.61 Å². The molecule has 166 valence electrons. The zero-order chi connectivity index (χ0) is 23.3. The molecule has 0 saturated carbocycles. The smallest absolute Gasteiger partial charge is 0.329 e. The predicted octanol–water partition coefficient (Wildman–Crippen LogP) is 4.16. The molecule has 1 heterocycles. The fraction of sp³-hybridized carbons (Fsp3) is 0.227. The number of rotatable bonds is 8. The van der Waals surface area contributed by atoms with Crippen molar-refractivity contribution < 1.29 is 28.8 Å². The molecule has 0 bridgehead atoms. The van der Waals surface area contributed by atoms with Crippen LogP contribution in [0, 0.1) is 10.1 Å². The van der Waals surface area contributed by atoms with Crippen LogP contribution in [0.15, 0.2) is 53.4 Å². The number of hydrogen-bond donors (Lipinski definition) is 0. The number of carbonyl (C=O) groups is 3. The molecule has 1 aliphatic rings. The quantitative estimate of drug-likeness (QED) is 0.252. The van der Waals surface area contributed by atoms with Gasteiger partial charge in [0.05, 0.1) is 16.4 Å². The molecular formula is C22H20N2O7S. The number of nitro benzene ring substituents is 1. The number of benzene rings is 2. The van der Waals surface area contributed by atoms with E-state index in [1.165, 1.54) is 25.1 Å². The molecule has 0 aliphatic carbocycles. The number of para-hydroxylation sites is 1. The maximum Gasteiger partial charge on any atom is 0.329 e. The van der Waals surface area contributed by atoms with Crippen LogP contribution in [-0.4, -0.2) is 39.6 Å². The van der Waals surface area contributed by atoms with Crippen LogP contribution in [-0.2, 0) is 20.9 Å². The second kappa shape index (κ2) is 10.1. The van der Waals surface area contributed by atoms with Crippen molar-refractivity contribution in [3.05, 3.63) is 74.7 Å². The summed E-state index contributed by atoms with van der Waals surface area (Å²) < 4.78 is 10.7. The van der Waals surface area contributed by atoms with Crippen molar-refractivity contribution in [2.45, 2.75) is 26.5 Å². The highest BCUT2D eigenvalue weighted by atomic mass is 32.2. The molecular weight excluding hydrogens is 436 g/mol. The normalized spacial score (nSPS) is 15.7. The third-order valence-corrected chi connectivity index (χ3v) is 5.44. The van der Waals surface area contributed by atoms with E-state index < -0.39 is 28.1 Å². The van der Waals surface area contributed by atoms with Gasteiger partial charge in [-0.3, -0.25) is 24.6 Å². The molecule has 0 N–H and O–H groups in total. The molecule has 0 unspecified atom stereocenters. The topological polar surface area (TPSA) is 116 Å². The molecule has 0 spiro atoms. The number of esters is 1. The third kappa shape index (κ3) is 5.14. The first-order chi connectivity index (χ1) is 15.3. The van der Waals surface area contributed by atoms with Crippen molar-refractivity contribution in [1.29, 1.82) is 0 Å². The van der Waals surface area contributed by atoms with E-state index in [0.717, 1.165) is 16.7 Å². The Balaban J connectivity index is 1.79. The fourth-order valence-corrected chi connectivity index (χ4v) is 3.87. The second-order valence-corrected chi connectivity index (χ2v) is 7.73. The Labute approximate surface area is 188 Å². The summed E-state index contributed by atoms with van der Waals surface area (Å²) in [5, 5.41) is 10.4. The number of thioether (sulfide) groups is 1. The van der Waals surface area contributed by atoms with E-state index in [4.69, 9.17) is 9.47 Å². The summed E-state index contributed by atoms with van der Waals surface area (Å²) in [6.45, 7) is 3.30. The molecule has 2 aromatic rings. The minimum atomic E-state index is -1.03. The van der Waals surface area contributed by atoms with Crippen molar-refractivity contribution >= 4 is 40.6 Å². The first kappa shape index (κ1) is 23.0. The Morgan fingerprint density at radius 2 is 1.97 bits per heavy atom. The molecule has 1 atom stereocenters. The Bertz CT molecular complexity index is 1100. The zero-order valence-corrected chi connectivity index (χ0v) is 18.2. The Hall–Kier alpha value is -3.66. The van der Waals surface area contributed by atoms with Crippen LogP contribution in [0.25, 0.3) is 6.08 Å². The van der Waals surface area contributed by atoms with Crippen LogP contribution < -0.4 is 4.74 Å². The lowest BCUT2D eigenvalue weighted by atomic mass is 10.1. The average molecular weight is 456 g/mol. The minimum Gasteiger partial charge on any atom is -0.488 e. The van der Waals surface area contributed by atoms with Gasteiger partial charge in [-0.2, -0.15) is 0 Å². The van der Waals surface area contributed by atoms with E-state index >= 15 is 0 Å². The zero-order valence-electron chi connectivity index (χ0n) is 17.3. The van der Waals surface area contributed by atoms with E-state index in [1.54, 1.807) is 43.3 Å². The maximum atomic E-state index is 12.8. The van der Waals surface area contributed by atoms with Gasteiger partial charge in [-0.25, -0.2) is 4.79 Å². The van der Waals surface area contributed by atoms with Crippen molar-refractivity contribution in [3.63, 3.8) is 0 Å². The molecule has 1 saturated heterocycles. The second-order valence-electron chi connectivity index (χ2n) is 6.73. The molecule has 2 aromatic carbocycles. The van der Waals surface area contributed by atoms with Crippen LogP contribution in [0.3, 0.4) is 0 Å². The van der Waals surface area contributed by atoms with Crippen molar-refractivity contribution in [3.8, 4) is 5.75 Å². The lowest BCUT2D eigenvalue weighted by molar-refractivity contribution is -0.384. The van der Waals surface area contributed by atoms with E-state index in [1.807, 2.05) is 0 Å². The van der Waals surface area contributed by atoms with Gasteiger partial charge in [-0.05, 0) is 43.3 Å². The van der Waals surface area contributed by atoms with Gasteiger partial charge < -0.3 is 9.47 Å². The van der Waals surface area contributed by atoms with E-state index in [0.29, 0.717) is 16.9 Å². The van der Waals surface area contributed by atoms with Crippen molar-refractivity contribution in [2.24, 2.45) is 0 Å². The number of imide groups is 1. The molecule has 1 fully saturated rings. The number of amides is 2. The van der Waals surface area contributed by atoms with E-state index in [-0.39, 0.29) is 23.8 Å². The highest BCUT2D eigenvalue weighted by Gasteiger charge is 2.41. The lowest BCUT2D eigenvalue weighted by Crippen LogP contribution is -2.42. The molecule has 9 nitrogen and oxygen atoms in total. The molecule has 32 heavy (non-hydrogen) atoms. The van der Waals surface area contributed by atoms with Gasteiger partial charge in [0, 0.05) is 17.7 Å². The van der Waals surface area contributed by atoms with Crippen LogP contribution in [0.5, 0.6) is 5.75 Å². The van der Waals surface area contributed by atoms with Gasteiger partial charge >= 0.3 is 5.97 Å². The highest BCUT2D eigenvalue weighted by molar-refractivity contribution is 8.18. The standard InChI is InChI=1S/C22H20N2O7S/c1-3-30-21(26)14(2)23-20(25)19(32-22(23)27)12-16-8-4-5-10-18(16)31-13-15-7-6-9-17(11-15)24(28)29/h4-12,14H,3,13H2,1-2H3/b19-12+/t14-/m0/s1. The number of ether oxygens (including phenoxy) is 2. The Morgan fingerprint density at radius 1 is 1.22 bits per heavy atom. The molecule has 0 radical (unpaired) electrons. The van der Waals surface area contributed by atoms with Gasteiger partial charge in [0.15, 0.2) is 0 Å². The fourth-order valence-electron chi connectivity index (χ4n) is 2.98. The lowest BCUT2D eigenvalue weighted by Gasteiger charge is -2.19. The van der Waals surface area contributed by atoms with E-state index in [2.05, 4.69) is 0 Å². The summed E-state index contributed by atoms with van der Waals surface area (Å²) in [4.78, 5) is 48.6. The van der Waals surface area contributed by atoms with E-state index in [9.17, 15) is 24.5 Å². The van der Waals surface area contributed by atoms with Crippen LogP contribution >= 0.6 is 11.8 Å². The van der Waals surface area contributed by atoms with Crippen LogP contribution in [0.4, 0.5) is 10.5 Å². The molecule has 1 aliphatic heterocycles. The van der Waals surface area contributed by atoms with Crippen LogP contribution in [0.1, 0.15) is 25.0 Å². The number of nitrogens with zero attached hydrogens (tertiary/aromatic N) is 2. The van der Waals surface area contributed by atoms with Gasteiger partial charge in [-0.1, -0.05) is 30.3 Å². The summed E-state index contributed by atoms with van der Waals surface area (Å²) in [5.41, 5.74) is 1.12. The third-order valence-electron chi connectivity index (χ3n) is 4.56. The van der Waals surface area contributed by atoms with Gasteiger partial charge in [0.2, 0.25) is 0 Å². The Kier molecular flexibility index (Phi) is 7.26. The van der Waals surface area contributed by atoms with Gasteiger partial charge in [0.1, 0.15) is 18.4 Å². The van der Waals surface area contributed by atoms with Gasteiger partial charge in [-0.15, -0.1) is 0 Å². The predicted molar refractivity (Wildman–Crippen MR) is 118 cm³/mol. The molecule has 10 heteroatoms. The number of carbonyl (C=O) groups excluding carboxylic acids is 3. The highest BCUT2D eigenvalue weighted by Crippen LogP contribution is 2.35. The monoisotopic (exact) mass is 456 g/mol. The molecule has 0 aromatic heterocycles. The molecule has 2 amide bonds. The summed E-state index contributed by atoms with van der Waals surface area (Å²) in [7, 11) is 0.